The van der Waals surface area contributed by atoms with Crippen molar-refractivity contribution in [2.75, 3.05) is 0 Å². The highest BCUT2D eigenvalue weighted by Gasteiger charge is 2.67. The first-order chi connectivity index (χ1) is 16.4. The van der Waals surface area contributed by atoms with E-state index in [1.54, 1.807) is 0 Å². The highest BCUT2D eigenvalue weighted by atomic mass is 16.6. The van der Waals surface area contributed by atoms with Crippen LogP contribution in [0.15, 0.2) is 0 Å². The zero-order chi connectivity index (χ0) is 25.4. The molecule has 5 rings (SSSR count). The average Bonchev–Trinajstić information content (AvgIpc) is 3.08. The van der Waals surface area contributed by atoms with E-state index in [0.717, 1.165) is 32.1 Å². The summed E-state index contributed by atoms with van der Waals surface area (Å²) in [5, 5.41) is 43.5. The van der Waals surface area contributed by atoms with Crippen LogP contribution in [0.2, 0.25) is 0 Å². The van der Waals surface area contributed by atoms with E-state index in [-0.39, 0.29) is 58.2 Å². The predicted octanol–water partition coefficient (Wildman–Crippen LogP) is 3.53. The lowest BCUT2D eigenvalue weighted by atomic mass is 9.43. The van der Waals surface area contributed by atoms with E-state index < -0.39 is 24.6 Å². The largest absolute Gasteiger partial charge is 0.393 e. The van der Waals surface area contributed by atoms with Crippen LogP contribution in [-0.2, 0) is 9.53 Å². The summed E-state index contributed by atoms with van der Waals surface area (Å²) in [6.07, 6.45) is 3.02. The van der Waals surface area contributed by atoms with Crippen LogP contribution in [0.5, 0.6) is 0 Å². The summed E-state index contributed by atoms with van der Waals surface area (Å²) in [7, 11) is 0. The summed E-state index contributed by atoms with van der Waals surface area (Å²) in [4.78, 5) is 13.7. The van der Waals surface area contributed by atoms with E-state index in [2.05, 4.69) is 34.6 Å². The number of ketones is 1. The summed E-state index contributed by atoms with van der Waals surface area (Å²) >= 11 is 0. The van der Waals surface area contributed by atoms with Crippen molar-refractivity contribution in [1.82, 2.24) is 0 Å². The van der Waals surface area contributed by atoms with Gasteiger partial charge in [0.15, 0.2) is 6.29 Å². The fourth-order valence-corrected chi connectivity index (χ4v) is 9.96. The van der Waals surface area contributed by atoms with E-state index in [4.69, 9.17) is 4.74 Å². The van der Waals surface area contributed by atoms with Crippen molar-refractivity contribution >= 4 is 5.78 Å². The van der Waals surface area contributed by atoms with E-state index in [1.807, 2.05) is 0 Å². The molecule has 4 aliphatic carbocycles. The molecule has 0 amide bonds. The first-order valence-corrected chi connectivity index (χ1v) is 14.3. The molecule has 0 bridgehead atoms. The molecule has 10 unspecified atom stereocenters. The zero-order valence-corrected chi connectivity index (χ0v) is 22.3. The third kappa shape index (κ3) is 3.96. The smallest absolute Gasteiger partial charge is 0.155 e. The predicted molar refractivity (Wildman–Crippen MR) is 132 cm³/mol. The maximum atomic E-state index is 13.7. The molecule has 4 N–H and O–H groups in total. The normalized spacial score (nSPS) is 55.3. The van der Waals surface area contributed by atoms with Crippen LogP contribution < -0.4 is 0 Å². The summed E-state index contributed by atoms with van der Waals surface area (Å²) < 4.78 is 6.07. The number of hydrogen-bond acceptors (Lipinski definition) is 6. The Balaban J connectivity index is 1.43. The lowest BCUT2D eigenvalue weighted by Gasteiger charge is -2.63. The van der Waals surface area contributed by atoms with Gasteiger partial charge in [0.2, 0.25) is 0 Å². The molecular weight excluding hydrogens is 444 g/mol. The van der Waals surface area contributed by atoms with Gasteiger partial charge in [-0.05, 0) is 84.9 Å². The monoisotopic (exact) mass is 492 g/mol. The SMILES string of the molecule is CC(C)C1CC(O)OC(C(C)C2CC(=O)C3C4C(O)[C@H](O)C5C[C@H](O)CC[C@]5(C)C4CC[C@]23C)C1. The number of fused-ring (bicyclic) bond motifs is 5. The second-order valence-electron chi connectivity index (χ2n) is 14.0. The molecule has 5 fully saturated rings. The summed E-state index contributed by atoms with van der Waals surface area (Å²) in [5.41, 5.74) is -0.399. The highest BCUT2D eigenvalue weighted by Crippen LogP contribution is 2.67. The lowest BCUT2D eigenvalue weighted by molar-refractivity contribution is -0.227. The molecule has 0 aromatic rings. The Hall–Kier alpha value is -0.530. The second-order valence-corrected chi connectivity index (χ2v) is 14.0. The Kier molecular flexibility index (Phi) is 6.74. The van der Waals surface area contributed by atoms with E-state index in [1.165, 1.54) is 0 Å². The quantitative estimate of drug-likeness (QED) is 0.480. The zero-order valence-electron chi connectivity index (χ0n) is 22.3. The van der Waals surface area contributed by atoms with Gasteiger partial charge in [-0.3, -0.25) is 4.79 Å². The minimum atomic E-state index is -0.927. The molecule has 1 saturated heterocycles. The van der Waals surface area contributed by atoms with Crippen LogP contribution in [0, 0.1) is 58.2 Å². The minimum absolute atomic E-state index is 0.0687. The van der Waals surface area contributed by atoms with Gasteiger partial charge in [0.1, 0.15) is 5.78 Å². The fraction of sp³-hybridized carbons (Fsp3) is 0.966. The summed E-state index contributed by atoms with van der Waals surface area (Å²) in [6, 6.07) is 0. The van der Waals surface area contributed by atoms with Crippen molar-refractivity contribution in [3.05, 3.63) is 0 Å². The van der Waals surface area contributed by atoms with Crippen molar-refractivity contribution < 1.29 is 30.0 Å². The molecule has 0 radical (unpaired) electrons. The number of Topliss-reactive ketones (excluding diaryl/α,β-unsaturated/α-hetero) is 1. The molecule has 6 heteroatoms. The summed E-state index contributed by atoms with van der Waals surface area (Å²) in [5.74, 6) is 0.997. The average molecular weight is 493 g/mol. The Morgan fingerprint density at radius 2 is 1.57 bits per heavy atom. The van der Waals surface area contributed by atoms with Gasteiger partial charge in [-0.15, -0.1) is 0 Å². The van der Waals surface area contributed by atoms with Crippen LogP contribution in [0.1, 0.15) is 86.0 Å². The molecule has 1 aliphatic heterocycles. The van der Waals surface area contributed by atoms with Gasteiger partial charge in [0.05, 0.1) is 24.4 Å². The van der Waals surface area contributed by atoms with Gasteiger partial charge >= 0.3 is 0 Å². The Morgan fingerprint density at radius 3 is 2.26 bits per heavy atom. The first-order valence-electron chi connectivity index (χ1n) is 14.3. The van der Waals surface area contributed by atoms with Crippen LogP contribution in [0.3, 0.4) is 0 Å². The first kappa shape index (κ1) is 26.1. The molecule has 0 aromatic heterocycles. The van der Waals surface area contributed by atoms with E-state index >= 15 is 0 Å². The molecule has 200 valence electrons. The highest BCUT2D eigenvalue weighted by molar-refractivity contribution is 5.85. The maximum absolute atomic E-state index is 13.7. The van der Waals surface area contributed by atoms with Gasteiger partial charge in [-0.1, -0.05) is 34.6 Å². The lowest BCUT2D eigenvalue weighted by Crippen LogP contribution is -2.65. The molecule has 4 saturated carbocycles. The van der Waals surface area contributed by atoms with Gasteiger partial charge in [0, 0.05) is 24.7 Å². The second kappa shape index (κ2) is 9.04. The number of ether oxygens (including phenoxy) is 1. The topological polar surface area (TPSA) is 107 Å². The van der Waals surface area contributed by atoms with Crippen molar-refractivity contribution in [2.45, 2.75) is 117 Å². The minimum Gasteiger partial charge on any atom is -0.393 e. The van der Waals surface area contributed by atoms with Gasteiger partial charge in [-0.25, -0.2) is 0 Å². The third-order valence-electron chi connectivity index (χ3n) is 12.1. The molecule has 35 heavy (non-hydrogen) atoms. The van der Waals surface area contributed by atoms with Crippen molar-refractivity contribution in [3.8, 4) is 0 Å². The van der Waals surface area contributed by atoms with Crippen LogP contribution in [-0.4, -0.2) is 56.9 Å². The van der Waals surface area contributed by atoms with Crippen molar-refractivity contribution in [1.29, 1.82) is 0 Å². The Morgan fingerprint density at radius 1 is 0.886 bits per heavy atom. The van der Waals surface area contributed by atoms with Gasteiger partial charge in [-0.2, -0.15) is 0 Å². The van der Waals surface area contributed by atoms with Gasteiger partial charge in [0.25, 0.3) is 0 Å². The van der Waals surface area contributed by atoms with Crippen LogP contribution in [0.4, 0.5) is 0 Å². The molecule has 14 atom stereocenters. The fourth-order valence-electron chi connectivity index (χ4n) is 9.96. The molecule has 5 aliphatic rings. The number of carbonyl (C=O) groups is 1. The Bertz CT molecular complexity index is 815. The molecule has 0 spiro atoms. The van der Waals surface area contributed by atoms with Crippen molar-refractivity contribution in [3.63, 3.8) is 0 Å². The standard InChI is InChI=1S/C29H48O6/c1-14(2)16-10-22(35-23(32)11-16)15(3)19-13-21(31)25-24-18(7-9-29(19,25)5)28(4)8-6-17(30)12-20(28)26(33)27(24)34/h14-20,22-27,30,32-34H,6-13H2,1-5H3/t15?,16?,17-,18?,19?,20?,22?,23?,24?,25?,26-,27?,28-,29-/m1/s1. The Labute approximate surface area is 210 Å². The van der Waals surface area contributed by atoms with Crippen LogP contribution in [0.25, 0.3) is 0 Å². The molecule has 1 heterocycles. The van der Waals surface area contributed by atoms with Gasteiger partial charge < -0.3 is 25.2 Å². The number of carbonyl (C=O) groups excluding carboxylic acids is 1. The van der Waals surface area contributed by atoms with E-state index in [0.29, 0.717) is 31.1 Å². The number of hydrogen-bond donors (Lipinski definition) is 4. The van der Waals surface area contributed by atoms with Crippen molar-refractivity contribution in [2.24, 2.45) is 58.2 Å². The number of aliphatic hydroxyl groups excluding tert-OH is 4. The van der Waals surface area contributed by atoms with Crippen LogP contribution >= 0.6 is 0 Å². The molecule has 0 aromatic carbocycles. The third-order valence-corrected chi connectivity index (χ3v) is 12.1. The summed E-state index contributed by atoms with van der Waals surface area (Å²) in [6.45, 7) is 11.1. The van der Waals surface area contributed by atoms with E-state index in [9.17, 15) is 25.2 Å². The maximum Gasteiger partial charge on any atom is 0.155 e. The molecular formula is C29H48O6. The molecule has 6 nitrogen and oxygen atoms in total. The number of aliphatic hydroxyl groups is 4. The number of rotatable bonds is 3.